The summed E-state index contributed by atoms with van der Waals surface area (Å²) in [5.41, 5.74) is 4.20. The van der Waals surface area contributed by atoms with Crippen LogP contribution >= 0.6 is 0 Å². The number of ether oxygens (including phenoxy) is 2. The first-order valence-corrected chi connectivity index (χ1v) is 9.28. The molecule has 6 heteroatoms. The smallest absolute Gasteiger partial charge is 0.191 e. The molecule has 0 saturated heterocycles. The van der Waals surface area contributed by atoms with Gasteiger partial charge in [-0.1, -0.05) is 18.2 Å². The average molecular weight is 370 g/mol. The number of nitrogens with one attached hydrogen (secondary N) is 2. The maximum atomic E-state index is 5.85. The number of aryl methyl sites for hydroxylation is 2. The number of guanidine groups is 1. The van der Waals surface area contributed by atoms with E-state index in [9.17, 15) is 0 Å². The first-order chi connectivity index (χ1) is 13.1. The monoisotopic (exact) mass is 370 g/mol. The molecule has 2 aromatic rings. The third kappa shape index (κ3) is 7.27. The summed E-state index contributed by atoms with van der Waals surface area (Å²) in [5.74, 6) is 1.61. The van der Waals surface area contributed by atoms with E-state index in [1.165, 1.54) is 0 Å². The van der Waals surface area contributed by atoms with Crippen molar-refractivity contribution in [2.45, 2.75) is 33.9 Å². The summed E-state index contributed by atoms with van der Waals surface area (Å²) in [6.07, 6.45) is 0. The summed E-state index contributed by atoms with van der Waals surface area (Å²) in [5, 5.41) is 6.60. The molecule has 0 spiro atoms. The molecule has 0 bridgehead atoms. The number of aromatic nitrogens is 1. The zero-order valence-corrected chi connectivity index (χ0v) is 16.7. The van der Waals surface area contributed by atoms with E-state index in [4.69, 9.17) is 14.5 Å². The highest BCUT2D eigenvalue weighted by Crippen LogP contribution is 2.21. The molecule has 2 N–H and O–H groups in total. The van der Waals surface area contributed by atoms with Crippen molar-refractivity contribution in [2.24, 2.45) is 4.99 Å². The van der Waals surface area contributed by atoms with Crippen molar-refractivity contribution in [2.75, 3.05) is 26.9 Å². The Bertz CT molecular complexity index is 747. The van der Waals surface area contributed by atoms with Crippen molar-refractivity contribution in [1.29, 1.82) is 0 Å². The number of hydrogen-bond donors (Lipinski definition) is 2. The summed E-state index contributed by atoms with van der Waals surface area (Å²) in [6, 6.07) is 12.2. The minimum Gasteiger partial charge on any atom is -0.491 e. The summed E-state index contributed by atoms with van der Waals surface area (Å²) in [6.45, 7) is 9.11. The van der Waals surface area contributed by atoms with Crippen molar-refractivity contribution in [3.05, 3.63) is 58.9 Å². The van der Waals surface area contributed by atoms with Gasteiger partial charge >= 0.3 is 0 Å². The average Bonchev–Trinajstić information content (AvgIpc) is 2.65. The van der Waals surface area contributed by atoms with Crippen LogP contribution in [-0.2, 0) is 17.8 Å². The van der Waals surface area contributed by atoms with Gasteiger partial charge in [-0.25, -0.2) is 4.99 Å². The van der Waals surface area contributed by atoms with Gasteiger partial charge in [0.2, 0.25) is 0 Å². The Morgan fingerprint density at radius 1 is 1.11 bits per heavy atom. The highest BCUT2D eigenvalue weighted by atomic mass is 16.5. The standard InChI is InChI=1S/C21H30N4O2/c1-5-22-21(24-15-19-8-6-7-17(3)25-19)23-14-18-10-9-16(2)13-20(18)27-12-11-26-4/h6-10,13H,5,11-12,14-15H2,1-4H3,(H2,22,23,24). The maximum absolute atomic E-state index is 5.85. The molecule has 1 heterocycles. The molecule has 27 heavy (non-hydrogen) atoms. The third-order valence-corrected chi connectivity index (χ3v) is 3.90. The van der Waals surface area contributed by atoms with Gasteiger partial charge in [0, 0.05) is 24.9 Å². The highest BCUT2D eigenvalue weighted by Gasteiger charge is 2.06. The largest absolute Gasteiger partial charge is 0.491 e. The molecule has 0 aliphatic heterocycles. The van der Waals surface area contributed by atoms with Crippen LogP contribution < -0.4 is 15.4 Å². The normalized spacial score (nSPS) is 11.3. The Morgan fingerprint density at radius 3 is 2.70 bits per heavy atom. The van der Waals surface area contributed by atoms with Crippen molar-refractivity contribution in [3.63, 3.8) is 0 Å². The molecular weight excluding hydrogens is 340 g/mol. The van der Waals surface area contributed by atoms with Gasteiger partial charge in [0.1, 0.15) is 12.4 Å². The van der Waals surface area contributed by atoms with E-state index in [-0.39, 0.29) is 0 Å². The number of benzene rings is 1. The fraction of sp³-hybridized carbons (Fsp3) is 0.429. The van der Waals surface area contributed by atoms with Crippen LogP contribution in [0.25, 0.3) is 0 Å². The van der Waals surface area contributed by atoms with Crippen LogP contribution in [0, 0.1) is 13.8 Å². The van der Waals surface area contributed by atoms with E-state index in [1.807, 2.05) is 38.1 Å². The Morgan fingerprint density at radius 2 is 1.96 bits per heavy atom. The summed E-state index contributed by atoms with van der Waals surface area (Å²) < 4.78 is 10.9. The fourth-order valence-corrected chi connectivity index (χ4v) is 2.54. The fourth-order valence-electron chi connectivity index (χ4n) is 2.54. The van der Waals surface area contributed by atoms with E-state index in [0.717, 1.165) is 40.8 Å². The zero-order chi connectivity index (χ0) is 19.5. The molecule has 0 atom stereocenters. The second kappa shape index (κ2) is 11.2. The molecule has 2 rings (SSSR count). The second-order valence-electron chi connectivity index (χ2n) is 6.27. The number of aliphatic imine (C=N–C) groups is 1. The number of pyridine rings is 1. The Kier molecular flexibility index (Phi) is 8.58. The predicted molar refractivity (Wildman–Crippen MR) is 109 cm³/mol. The molecule has 0 fully saturated rings. The predicted octanol–water partition coefficient (Wildman–Crippen LogP) is 2.98. The molecule has 0 radical (unpaired) electrons. The molecular formula is C21H30N4O2. The van der Waals surface area contributed by atoms with Gasteiger partial charge in [0.05, 0.1) is 25.4 Å². The molecule has 0 saturated carbocycles. The summed E-state index contributed by atoms with van der Waals surface area (Å²) in [7, 11) is 1.67. The minimum absolute atomic E-state index is 0.522. The number of hydrogen-bond acceptors (Lipinski definition) is 4. The van der Waals surface area contributed by atoms with Crippen LogP contribution in [0.4, 0.5) is 0 Å². The molecule has 0 aliphatic rings. The van der Waals surface area contributed by atoms with E-state index in [1.54, 1.807) is 7.11 Å². The van der Waals surface area contributed by atoms with Gasteiger partial charge in [-0.3, -0.25) is 4.98 Å². The molecule has 0 amide bonds. The van der Waals surface area contributed by atoms with Crippen LogP contribution in [0.5, 0.6) is 5.75 Å². The lowest BCUT2D eigenvalue weighted by Gasteiger charge is -2.13. The number of methoxy groups -OCH3 is 1. The molecule has 0 aliphatic carbocycles. The van der Waals surface area contributed by atoms with Crippen LogP contribution in [0.1, 0.15) is 29.4 Å². The molecule has 6 nitrogen and oxygen atoms in total. The SMILES string of the molecule is CCNC(=NCc1ccc(C)cc1OCCOC)NCc1cccc(C)n1. The molecule has 146 valence electrons. The first-order valence-electron chi connectivity index (χ1n) is 9.28. The zero-order valence-electron chi connectivity index (χ0n) is 16.7. The third-order valence-electron chi connectivity index (χ3n) is 3.90. The summed E-state index contributed by atoms with van der Waals surface area (Å²) >= 11 is 0. The lowest BCUT2D eigenvalue weighted by molar-refractivity contribution is 0.145. The molecule has 0 unspecified atom stereocenters. The van der Waals surface area contributed by atoms with Gasteiger partial charge in [-0.15, -0.1) is 0 Å². The maximum Gasteiger partial charge on any atom is 0.191 e. The summed E-state index contributed by atoms with van der Waals surface area (Å²) in [4.78, 5) is 9.21. The van der Waals surface area contributed by atoms with Crippen LogP contribution in [0.3, 0.4) is 0 Å². The number of rotatable bonds is 9. The van der Waals surface area contributed by atoms with Crippen molar-refractivity contribution in [1.82, 2.24) is 15.6 Å². The van der Waals surface area contributed by atoms with Gasteiger partial charge in [-0.05, 0) is 44.5 Å². The van der Waals surface area contributed by atoms with Crippen molar-refractivity contribution >= 4 is 5.96 Å². The first kappa shape index (κ1) is 20.7. The highest BCUT2D eigenvalue weighted by molar-refractivity contribution is 5.79. The lowest BCUT2D eigenvalue weighted by Crippen LogP contribution is -2.37. The minimum atomic E-state index is 0.522. The number of nitrogens with zero attached hydrogens (tertiary/aromatic N) is 2. The van der Waals surface area contributed by atoms with Crippen molar-refractivity contribution in [3.8, 4) is 5.75 Å². The Labute approximate surface area is 162 Å². The topological polar surface area (TPSA) is 67.8 Å². The van der Waals surface area contributed by atoms with Gasteiger partial charge in [0.15, 0.2) is 5.96 Å². The van der Waals surface area contributed by atoms with Gasteiger partial charge in [-0.2, -0.15) is 0 Å². The van der Waals surface area contributed by atoms with E-state index < -0.39 is 0 Å². The quantitative estimate of drug-likeness (QED) is 0.403. The van der Waals surface area contributed by atoms with Crippen LogP contribution in [0.2, 0.25) is 0 Å². The van der Waals surface area contributed by atoms with Crippen LogP contribution in [0.15, 0.2) is 41.4 Å². The second-order valence-corrected chi connectivity index (χ2v) is 6.27. The molecule has 1 aromatic carbocycles. The Balaban J connectivity index is 2.04. The van der Waals surface area contributed by atoms with E-state index >= 15 is 0 Å². The van der Waals surface area contributed by atoms with E-state index in [2.05, 4.69) is 34.7 Å². The van der Waals surface area contributed by atoms with E-state index in [0.29, 0.717) is 26.3 Å². The van der Waals surface area contributed by atoms with Gasteiger partial charge in [0.25, 0.3) is 0 Å². The lowest BCUT2D eigenvalue weighted by atomic mass is 10.1. The van der Waals surface area contributed by atoms with Crippen molar-refractivity contribution < 1.29 is 9.47 Å². The van der Waals surface area contributed by atoms with Crippen LogP contribution in [-0.4, -0.2) is 37.8 Å². The Hall–Kier alpha value is -2.60. The van der Waals surface area contributed by atoms with Gasteiger partial charge < -0.3 is 20.1 Å². The molecule has 1 aromatic heterocycles.